The summed E-state index contributed by atoms with van der Waals surface area (Å²) < 4.78 is 0. The van der Waals surface area contributed by atoms with Crippen LogP contribution in [0.15, 0.2) is 17.8 Å². The SMILES string of the molecule is C=CCC(CC)CN=N. The zero-order valence-corrected chi connectivity index (χ0v) is 5.93. The van der Waals surface area contributed by atoms with Gasteiger partial charge in [0.05, 0.1) is 6.54 Å². The van der Waals surface area contributed by atoms with Crippen molar-refractivity contribution in [2.45, 2.75) is 19.8 Å². The van der Waals surface area contributed by atoms with Crippen molar-refractivity contribution in [3.63, 3.8) is 0 Å². The van der Waals surface area contributed by atoms with Gasteiger partial charge in [-0.05, 0) is 12.3 Å². The van der Waals surface area contributed by atoms with Gasteiger partial charge in [-0.1, -0.05) is 19.4 Å². The smallest absolute Gasteiger partial charge is 0.0627 e. The molecule has 0 saturated carbocycles. The predicted molar refractivity (Wildman–Crippen MR) is 38.6 cm³/mol. The monoisotopic (exact) mass is 126 g/mol. The first-order chi connectivity index (χ1) is 4.35. The molecule has 0 rings (SSSR count). The minimum Gasteiger partial charge on any atom is -0.210 e. The lowest BCUT2D eigenvalue weighted by Crippen LogP contribution is -2.00. The van der Waals surface area contributed by atoms with Gasteiger partial charge in [0, 0.05) is 0 Å². The van der Waals surface area contributed by atoms with Crippen LogP contribution in [0.2, 0.25) is 0 Å². The minimum atomic E-state index is 0.542. The molecule has 0 heterocycles. The third kappa shape index (κ3) is 3.88. The van der Waals surface area contributed by atoms with Crippen molar-refractivity contribution < 1.29 is 0 Å². The van der Waals surface area contributed by atoms with Crippen LogP contribution in [0.5, 0.6) is 0 Å². The Labute approximate surface area is 56.5 Å². The zero-order chi connectivity index (χ0) is 7.11. The minimum absolute atomic E-state index is 0.542. The molecule has 2 heteroatoms. The van der Waals surface area contributed by atoms with E-state index in [0.717, 1.165) is 12.8 Å². The molecule has 1 atom stereocenters. The van der Waals surface area contributed by atoms with Gasteiger partial charge >= 0.3 is 0 Å². The van der Waals surface area contributed by atoms with E-state index >= 15 is 0 Å². The van der Waals surface area contributed by atoms with Gasteiger partial charge in [0.15, 0.2) is 0 Å². The number of hydrogen-bond acceptors (Lipinski definition) is 2. The first kappa shape index (κ1) is 8.34. The first-order valence-corrected chi connectivity index (χ1v) is 3.29. The lowest BCUT2D eigenvalue weighted by atomic mass is 10.0. The number of nitrogens with one attached hydrogen (secondary N) is 1. The number of nitrogens with zero attached hydrogens (tertiary/aromatic N) is 1. The van der Waals surface area contributed by atoms with Crippen LogP contribution in [0.25, 0.3) is 0 Å². The maximum absolute atomic E-state index is 6.61. The van der Waals surface area contributed by atoms with Gasteiger partial charge in [0.1, 0.15) is 0 Å². The highest BCUT2D eigenvalue weighted by Crippen LogP contribution is 2.07. The van der Waals surface area contributed by atoms with Gasteiger partial charge in [-0.2, -0.15) is 5.11 Å². The zero-order valence-electron chi connectivity index (χ0n) is 5.93. The molecule has 0 saturated heterocycles. The molecule has 2 nitrogen and oxygen atoms in total. The molecule has 1 unspecified atom stereocenters. The van der Waals surface area contributed by atoms with E-state index in [1.807, 2.05) is 6.08 Å². The van der Waals surface area contributed by atoms with Crippen LogP contribution in [-0.2, 0) is 0 Å². The molecular weight excluding hydrogens is 112 g/mol. The van der Waals surface area contributed by atoms with Crippen LogP contribution in [0.3, 0.4) is 0 Å². The van der Waals surface area contributed by atoms with Crippen LogP contribution in [0.4, 0.5) is 0 Å². The second-order valence-electron chi connectivity index (χ2n) is 2.14. The lowest BCUT2D eigenvalue weighted by molar-refractivity contribution is 0.515. The van der Waals surface area contributed by atoms with Gasteiger partial charge in [-0.3, -0.25) is 0 Å². The summed E-state index contributed by atoms with van der Waals surface area (Å²) in [6.07, 6.45) is 3.96. The summed E-state index contributed by atoms with van der Waals surface area (Å²) in [5.74, 6) is 0.542. The van der Waals surface area contributed by atoms with Gasteiger partial charge in [-0.25, -0.2) is 5.53 Å². The molecule has 0 radical (unpaired) electrons. The third-order valence-corrected chi connectivity index (χ3v) is 1.43. The van der Waals surface area contributed by atoms with Crippen LogP contribution in [0, 0.1) is 11.4 Å². The maximum Gasteiger partial charge on any atom is 0.0627 e. The standard InChI is InChI=1S/C7H14N2/c1-3-5-7(4-2)6-9-8/h3,7-8H,1,4-6H2,2H3. The fraction of sp³-hybridized carbons (Fsp3) is 0.714. The Morgan fingerprint density at radius 2 is 2.44 bits per heavy atom. The summed E-state index contributed by atoms with van der Waals surface area (Å²) in [5.41, 5.74) is 6.61. The van der Waals surface area contributed by atoms with E-state index in [9.17, 15) is 0 Å². The maximum atomic E-state index is 6.61. The van der Waals surface area contributed by atoms with Gasteiger partial charge < -0.3 is 0 Å². The van der Waals surface area contributed by atoms with Crippen molar-refractivity contribution in [1.82, 2.24) is 0 Å². The summed E-state index contributed by atoms with van der Waals surface area (Å²) in [5, 5.41) is 3.33. The molecule has 0 aliphatic heterocycles. The average molecular weight is 126 g/mol. The molecule has 9 heavy (non-hydrogen) atoms. The average Bonchev–Trinajstić information content (AvgIpc) is 1.88. The summed E-state index contributed by atoms with van der Waals surface area (Å²) in [6, 6.07) is 0. The van der Waals surface area contributed by atoms with E-state index in [4.69, 9.17) is 5.53 Å². The Kier molecular flexibility index (Phi) is 5.07. The normalized spacial score (nSPS) is 12.6. The highest BCUT2D eigenvalue weighted by molar-refractivity contribution is 4.72. The topological polar surface area (TPSA) is 36.2 Å². The lowest BCUT2D eigenvalue weighted by Gasteiger charge is -2.05. The van der Waals surface area contributed by atoms with Crippen molar-refractivity contribution in [3.8, 4) is 0 Å². The van der Waals surface area contributed by atoms with Crippen molar-refractivity contribution in [1.29, 1.82) is 5.53 Å². The summed E-state index contributed by atoms with van der Waals surface area (Å²) in [6.45, 7) is 6.39. The Balaban J connectivity index is 3.39. The molecular formula is C7H14N2. The molecule has 0 fully saturated rings. The molecule has 0 aliphatic carbocycles. The molecule has 52 valence electrons. The number of hydrogen-bond donors (Lipinski definition) is 1. The second kappa shape index (κ2) is 5.48. The van der Waals surface area contributed by atoms with E-state index in [0.29, 0.717) is 12.5 Å². The van der Waals surface area contributed by atoms with E-state index in [2.05, 4.69) is 18.6 Å². The molecule has 0 aliphatic rings. The molecule has 0 aromatic rings. The molecule has 0 amide bonds. The first-order valence-electron chi connectivity index (χ1n) is 3.29. The van der Waals surface area contributed by atoms with Gasteiger partial charge in [0.2, 0.25) is 0 Å². The quantitative estimate of drug-likeness (QED) is 0.434. The number of allylic oxidation sites excluding steroid dienone is 1. The fourth-order valence-electron chi connectivity index (χ4n) is 0.735. The van der Waals surface area contributed by atoms with Crippen molar-refractivity contribution >= 4 is 0 Å². The van der Waals surface area contributed by atoms with Crippen molar-refractivity contribution in [2.24, 2.45) is 11.0 Å². The highest BCUT2D eigenvalue weighted by Gasteiger charge is 2.00. The van der Waals surface area contributed by atoms with Crippen LogP contribution < -0.4 is 0 Å². The van der Waals surface area contributed by atoms with E-state index in [1.165, 1.54) is 0 Å². The second-order valence-corrected chi connectivity index (χ2v) is 2.14. The van der Waals surface area contributed by atoms with Crippen LogP contribution in [-0.4, -0.2) is 6.54 Å². The Bertz CT molecular complexity index is 78.9. The molecule has 0 spiro atoms. The van der Waals surface area contributed by atoms with Gasteiger partial charge in [-0.15, -0.1) is 6.58 Å². The van der Waals surface area contributed by atoms with Gasteiger partial charge in [0.25, 0.3) is 0 Å². The van der Waals surface area contributed by atoms with Crippen molar-refractivity contribution in [2.75, 3.05) is 6.54 Å². The highest BCUT2D eigenvalue weighted by atomic mass is 14.9. The van der Waals surface area contributed by atoms with E-state index < -0.39 is 0 Å². The summed E-state index contributed by atoms with van der Waals surface area (Å²) >= 11 is 0. The Morgan fingerprint density at radius 3 is 2.78 bits per heavy atom. The van der Waals surface area contributed by atoms with Crippen molar-refractivity contribution in [3.05, 3.63) is 12.7 Å². The fourth-order valence-corrected chi connectivity index (χ4v) is 0.735. The summed E-state index contributed by atoms with van der Waals surface area (Å²) in [4.78, 5) is 0. The molecule has 1 N–H and O–H groups in total. The van der Waals surface area contributed by atoms with Crippen LogP contribution in [0.1, 0.15) is 19.8 Å². The molecule has 0 bridgehead atoms. The number of rotatable bonds is 5. The largest absolute Gasteiger partial charge is 0.210 e. The van der Waals surface area contributed by atoms with E-state index in [-0.39, 0.29) is 0 Å². The molecule has 0 aromatic heterocycles. The Morgan fingerprint density at radius 1 is 1.78 bits per heavy atom. The summed E-state index contributed by atoms with van der Waals surface area (Å²) in [7, 11) is 0. The Hall–Kier alpha value is -0.660. The third-order valence-electron chi connectivity index (χ3n) is 1.43. The predicted octanol–water partition coefficient (Wildman–Crippen LogP) is 2.62. The van der Waals surface area contributed by atoms with E-state index in [1.54, 1.807) is 0 Å². The van der Waals surface area contributed by atoms with Crippen LogP contribution >= 0.6 is 0 Å². The molecule has 0 aromatic carbocycles.